The van der Waals surface area contributed by atoms with Gasteiger partial charge in [-0.1, -0.05) is 0 Å². The number of ether oxygens (including phenoxy) is 2. The van der Waals surface area contributed by atoms with Crippen LogP contribution in [-0.4, -0.2) is 134 Å². The molecule has 3 heterocycles. The number of cyclic esters (lactones) is 1. The van der Waals surface area contributed by atoms with Crippen LogP contribution < -0.4 is 5.73 Å². The fraction of sp³-hybridized carbons (Fsp3) is 0.857. The number of rotatable bonds is 9. The van der Waals surface area contributed by atoms with Crippen molar-refractivity contribution in [3.63, 3.8) is 0 Å². The normalized spacial score (nSPS) is 25.8. The molecule has 1 amide bonds. The summed E-state index contributed by atoms with van der Waals surface area (Å²) in [6.07, 6.45) is 2.72. The third-order valence-corrected chi connectivity index (χ3v) is 6.87. The third-order valence-electron chi connectivity index (χ3n) is 6.87. The number of methoxy groups -OCH3 is 1. The van der Waals surface area contributed by atoms with Gasteiger partial charge in [-0.05, 0) is 32.4 Å². The summed E-state index contributed by atoms with van der Waals surface area (Å²) < 4.78 is 10.5. The van der Waals surface area contributed by atoms with Gasteiger partial charge in [0.1, 0.15) is 0 Å². The highest BCUT2D eigenvalue weighted by Gasteiger charge is 2.43. The van der Waals surface area contributed by atoms with Crippen LogP contribution in [0.3, 0.4) is 0 Å². The van der Waals surface area contributed by atoms with Gasteiger partial charge in [0.15, 0.2) is 12.2 Å². The lowest BCUT2D eigenvalue weighted by Crippen LogP contribution is -2.54. The Morgan fingerprint density at radius 1 is 1.06 bits per heavy atom. The molecule has 32 heavy (non-hydrogen) atoms. The quantitative estimate of drug-likeness (QED) is 0.274. The molecule has 11 heteroatoms. The Hall–Kier alpha value is -2.11. The van der Waals surface area contributed by atoms with Gasteiger partial charge in [-0.3, -0.25) is 20.0 Å². The van der Waals surface area contributed by atoms with Crippen molar-refractivity contribution in [2.75, 3.05) is 79.6 Å². The molecule has 3 N–H and O–H groups in total. The van der Waals surface area contributed by atoms with E-state index in [1.54, 1.807) is 4.90 Å². The lowest BCUT2D eigenvalue weighted by Gasteiger charge is -2.39. The number of carbonyl (C=O) groups excluding carboxylic acids is 2. The number of carbonyl (C=O) groups is 2. The summed E-state index contributed by atoms with van der Waals surface area (Å²) in [5.74, 6) is -0.00703. The molecule has 0 spiro atoms. The van der Waals surface area contributed by atoms with E-state index in [-0.39, 0.29) is 30.3 Å². The number of piperazine rings is 2. The zero-order valence-corrected chi connectivity index (χ0v) is 19.5. The Labute approximate surface area is 190 Å². The van der Waals surface area contributed by atoms with Gasteiger partial charge in [-0.2, -0.15) is 0 Å². The van der Waals surface area contributed by atoms with E-state index < -0.39 is 0 Å². The van der Waals surface area contributed by atoms with Crippen molar-refractivity contribution in [3.05, 3.63) is 0 Å². The molecule has 3 saturated heterocycles. The number of hydrogen-bond donors (Lipinski definition) is 2. The van der Waals surface area contributed by atoms with Crippen molar-refractivity contribution in [1.29, 1.82) is 5.41 Å². The molecule has 0 aromatic carbocycles. The van der Waals surface area contributed by atoms with Crippen molar-refractivity contribution in [1.82, 2.24) is 24.5 Å². The van der Waals surface area contributed by atoms with E-state index in [2.05, 4.69) is 14.7 Å². The predicted molar refractivity (Wildman–Crippen MR) is 120 cm³/mol. The van der Waals surface area contributed by atoms with Gasteiger partial charge in [-0.15, -0.1) is 0 Å². The van der Waals surface area contributed by atoms with Crippen molar-refractivity contribution in [2.24, 2.45) is 5.73 Å². The first-order valence-electron chi connectivity index (χ1n) is 11.7. The van der Waals surface area contributed by atoms with E-state index in [0.717, 1.165) is 84.7 Å². The summed E-state index contributed by atoms with van der Waals surface area (Å²) in [5.41, 5.74) is 5.57. The number of nitrogens with two attached hydrogens (primary N) is 1. The van der Waals surface area contributed by atoms with Crippen LogP contribution in [-0.2, 0) is 14.3 Å². The van der Waals surface area contributed by atoms with Crippen LogP contribution in [0.1, 0.15) is 25.7 Å². The Morgan fingerprint density at radius 2 is 1.66 bits per heavy atom. The second-order valence-corrected chi connectivity index (χ2v) is 8.87. The maximum atomic E-state index is 12.3. The minimum Gasteiger partial charge on any atom is -0.469 e. The first kappa shape index (κ1) is 24.5. The van der Waals surface area contributed by atoms with Crippen LogP contribution in [0.25, 0.3) is 0 Å². The number of nitrogens with zero attached hydrogens (tertiary/aromatic N) is 5. The van der Waals surface area contributed by atoms with Crippen LogP contribution in [0.4, 0.5) is 4.79 Å². The van der Waals surface area contributed by atoms with E-state index in [4.69, 9.17) is 20.6 Å². The van der Waals surface area contributed by atoms with Gasteiger partial charge in [0.2, 0.25) is 0 Å². The number of likely N-dealkylation sites (N-methyl/N-ethyl adjacent to an activating group) is 1. The smallest absolute Gasteiger partial charge is 0.411 e. The molecule has 0 aromatic heterocycles. The minimum absolute atomic E-state index is 0.0619. The Balaban J connectivity index is 1.40. The standard InChI is InChI=1S/C21H39N7O4/c1-24-17(5-3-7-25-11-15-28(16-12-25)20(22)23)19(32-21(24)30)27-13-9-26(10-14-27)8-4-6-18(29)31-2/h17,19H,3-16H2,1-2H3,(H3,22,23). The summed E-state index contributed by atoms with van der Waals surface area (Å²) in [5, 5.41) is 7.54. The second-order valence-electron chi connectivity index (χ2n) is 8.87. The second kappa shape index (κ2) is 11.7. The SMILES string of the molecule is COC(=O)CCCN1CCN(C2OC(=O)N(C)C2CCCN2CCN(C(=N)N)CC2)CC1. The van der Waals surface area contributed by atoms with Crippen molar-refractivity contribution in [3.8, 4) is 0 Å². The average Bonchev–Trinajstić information content (AvgIpc) is 3.08. The first-order chi connectivity index (χ1) is 15.4. The number of guanidine groups is 1. The fourth-order valence-electron chi connectivity index (χ4n) is 4.77. The largest absolute Gasteiger partial charge is 0.469 e. The lowest BCUT2D eigenvalue weighted by atomic mass is 10.1. The van der Waals surface area contributed by atoms with E-state index in [9.17, 15) is 9.59 Å². The highest BCUT2D eigenvalue weighted by Crippen LogP contribution is 2.26. The Morgan fingerprint density at radius 3 is 2.25 bits per heavy atom. The summed E-state index contributed by atoms with van der Waals surface area (Å²) in [4.78, 5) is 34.3. The number of hydrogen-bond acceptors (Lipinski definition) is 8. The first-order valence-corrected chi connectivity index (χ1v) is 11.7. The van der Waals surface area contributed by atoms with Crippen LogP contribution in [0, 0.1) is 5.41 Å². The molecule has 0 aromatic rings. The third kappa shape index (κ3) is 6.46. The topological polar surface area (TPSA) is 119 Å². The molecule has 182 valence electrons. The summed E-state index contributed by atoms with van der Waals surface area (Å²) >= 11 is 0. The zero-order chi connectivity index (χ0) is 23.1. The molecule has 0 saturated carbocycles. The van der Waals surface area contributed by atoms with Gasteiger partial charge in [0.25, 0.3) is 0 Å². The average molecular weight is 454 g/mol. The van der Waals surface area contributed by atoms with E-state index in [1.807, 2.05) is 11.9 Å². The molecule has 2 unspecified atom stereocenters. The summed E-state index contributed by atoms with van der Waals surface area (Å²) in [6.45, 7) is 8.81. The highest BCUT2D eigenvalue weighted by molar-refractivity contribution is 5.74. The van der Waals surface area contributed by atoms with Gasteiger partial charge < -0.3 is 29.9 Å². The van der Waals surface area contributed by atoms with Gasteiger partial charge in [0, 0.05) is 65.8 Å². The summed E-state index contributed by atoms with van der Waals surface area (Å²) in [7, 11) is 3.26. The Bertz CT molecular complexity index is 648. The van der Waals surface area contributed by atoms with Crippen LogP contribution in [0.2, 0.25) is 0 Å². The molecule has 0 radical (unpaired) electrons. The van der Waals surface area contributed by atoms with Gasteiger partial charge >= 0.3 is 12.1 Å². The van der Waals surface area contributed by atoms with Crippen molar-refractivity contribution in [2.45, 2.75) is 38.0 Å². The predicted octanol–water partition coefficient (Wildman–Crippen LogP) is -0.375. The van der Waals surface area contributed by atoms with Crippen molar-refractivity contribution < 1.29 is 19.1 Å². The van der Waals surface area contributed by atoms with E-state index in [0.29, 0.717) is 6.42 Å². The molecule has 2 atom stereocenters. The van der Waals surface area contributed by atoms with E-state index >= 15 is 0 Å². The molecular weight excluding hydrogens is 414 g/mol. The number of amides is 1. The Kier molecular flexibility index (Phi) is 8.94. The molecule has 3 fully saturated rings. The van der Waals surface area contributed by atoms with Crippen molar-refractivity contribution >= 4 is 18.0 Å². The fourth-order valence-corrected chi connectivity index (χ4v) is 4.77. The molecular formula is C21H39N7O4. The molecule has 3 aliphatic heterocycles. The highest BCUT2D eigenvalue weighted by atomic mass is 16.6. The number of esters is 1. The molecule has 0 aliphatic carbocycles. The molecule has 3 aliphatic rings. The number of nitrogens with one attached hydrogen (secondary N) is 1. The monoisotopic (exact) mass is 453 g/mol. The molecule has 0 bridgehead atoms. The van der Waals surface area contributed by atoms with E-state index in [1.165, 1.54) is 7.11 Å². The summed E-state index contributed by atoms with van der Waals surface area (Å²) in [6, 6.07) is 0.0619. The van der Waals surface area contributed by atoms with Gasteiger partial charge in [-0.25, -0.2) is 4.79 Å². The molecule has 11 nitrogen and oxygen atoms in total. The van der Waals surface area contributed by atoms with Crippen LogP contribution in [0.15, 0.2) is 0 Å². The maximum absolute atomic E-state index is 12.3. The molecule has 3 rings (SSSR count). The zero-order valence-electron chi connectivity index (χ0n) is 19.5. The minimum atomic E-state index is -0.240. The van der Waals surface area contributed by atoms with Gasteiger partial charge in [0.05, 0.1) is 13.2 Å². The maximum Gasteiger partial charge on any atom is 0.411 e. The lowest BCUT2D eigenvalue weighted by molar-refractivity contribution is -0.140. The van der Waals surface area contributed by atoms with Crippen LogP contribution >= 0.6 is 0 Å². The van der Waals surface area contributed by atoms with Crippen LogP contribution in [0.5, 0.6) is 0 Å².